The summed E-state index contributed by atoms with van der Waals surface area (Å²) in [6, 6.07) is 17.1. The highest BCUT2D eigenvalue weighted by atomic mass is 127. The maximum Gasteiger partial charge on any atom is 0.338 e. The maximum absolute atomic E-state index is 12.5. The summed E-state index contributed by atoms with van der Waals surface area (Å²) in [5, 5.41) is 7.65. The molecule has 0 saturated carbocycles. The van der Waals surface area contributed by atoms with Crippen molar-refractivity contribution in [2.75, 3.05) is 26.7 Å². The van der Waals surface area contributed by atoms with Gasteiger partial charge in [0.1, 0.15) is 12.7 Å². The zero-order valence-corrected chi connectivity index (χ0v) is 21.7. The molecule has 0 amide bonds. The number of rotatable bonds is 6. The van der Waals surface area contributed by atoms with Crippen LogP contribution in [0.3, 0.4) is 0 Å². The minimum absolute atomic E-state index is 0. The van der Waals surface area contributed by atoms with Crippen LogP contribution in [0, 0.1) is 0 Å². The van der Waals surface area contributed by atoms with Crippen LogP contribution in [0.4, 0.5) is 0 Å². The van der Waals surface area contributed by atoms with Crippen LogP contribution in [0.25, 0.3) is 0 Å². The van der Waals surface area contributed by atoms with Gasteiger partial charge in [0.25, 0.3) is 0 Å². The predicted molar refractivity (Wildman–Crippen MR) is 141 cm³/mol. The van der Waals surface area contributed by atoms with E-state index in [1.807, 2.05) is 68.0 Å². The molecule has 2 heterocycles. The van der Waals surface area contributed by atoms with E-state index in [1.165, 1.54) is 0 Å². The normalized spacial score (nSPS) is 16.0. The number of aliphatic imine (C=N–C) groups is 1. The van der Waals surface area contributed by atoms with Gasteiger partial charge in [-0.25, -0.2) is 4.79 Å². The summed E-state index contributed by atoms with van der Waals surface area (Å²) in [6.45, 7) is 2.85. The van der Waals surface area contributed by atoms with Gasteiger partial charge in [-0.05, 0) is 23.3 Å². The molecule has 1 fully saturated rings. The SMILES string of the molecule is CN=C(NCc1cccc(C(=O)OCc2ccccc2)c1)N1CCOC(c2cnn(C)c2)C1.I. The summed E-state index contributed by atoms with van der Waals surface area (Å²) in [6.07, 6.45) is 3.77. The first-order valence-corrected chi connectivity index (χ1v) is 11.0. The van der Waals surface area contributed by atoms with Gasteiger partial charge in [0.05, 0.1) is 24.9 Å². The van der Waals surface area contributed by atoms with Gasteiger partial charge in [-0.2, -0.15) is 5.10 Å². The number of nitrogens with zero attached hydrogens (tertiary/aromatic N) is 4. The van der Waals surface area contributed by atoms with Gasteiger partial charge in [0.2, 0.25) is 0 Å². The number of carbonyl (C=O) groups excluding carboxylic acids is 1. The number of morpholine rings is 1. The van der Waals surface area contributed by atoms with Crippen LogP contribution in [0.15, 0.2) is 72.0 Å². The minimum Gasteiger partial charge on any atom is -0.457 e. The number of aryl methyl sites for hydroxylation is 1. The highest BCUT2D eigenvalue weighted by Crippen LogP contribution is 2.21. The first kappa shape index (κ1) is 25.7. The molecule has 0 spiro atoms. The molecule has 4 rings (SSSR count). The van der Waals surface area contributed by atoms with Gasteiger partial charge < -0.3 is 19.7 Å². The largest absolute Gasteiger partial charge is 0.457 e. The minimum atomic E-state index is -0.336. The molecule has 1 unspecified atom stereocenters. The van der Waals surface area contributed by atoms with Gasteiger partial charge in [-0.1, -0.05) is 42.5 Å². The van der Waals surface area contributed by atoms with Crippen LogP contribution in [0.1, 0.15) is 33.2 Å². The van der Waals surface area contributed by atoms with Gasteiger partial charge in [0, 0.05) is 38.9 Å². The molecule has 1 aromatic heterocycles. The van der Waals surface area contributed by atoms with Gasteiger partial charge in [-0.15, -0.1) is 24.0 Å². The zero-order chi connectivity index (χ0) is 23.0. The molecule has 1 aliphatic rings. The molecule has 34 heavy (non-hydrogen) atoms. The molecule has 1 saturated heterocycles. The van der Waals surface area contributed by atoms with E-state index in [-0.39, 0.29) is 42.7 Å². The Kier molecular flexibility index (Phi) is 9.46. The number of carbonyl (C=O) groups is 1. The van der Waals surface area contributed by atoms with E-state index >= 15 is 0 Å². The Hall–Kier alpha value is -2.92. The summed E-state index contributed by atoms with van der Waals surface area (Å²) < 4.78 is 13.2. The summed E-state index contributed by atoms with van der Waals surface area (Å²) in [4.78, 5) is 19.1. The third-order valence-electron chi connectivity index (χ3n) is 5.50. The van der Waals surface area contributed by atoms with E-state index in [0.717, 1.165) is 29.2 Å². The van der Waals surface area contributed by atoms with E-state index in [2.05, 4.69) is 20.3 Å². The molecular formula is C25H30IN5O3. The average molecular weight is 575 g/mol. The van der Waals surface area contributed by atoms with E-state index in [4.69, 9.17) is 9.47 Å². The fourth-order valence-corrected chi connectivity index (χ4v) is 3.78. The fraction of sp³-hybridized carbons (Fsp3) is 0.320. The summed E-state index contributed by atoms with van der Waals surface area (Å²) in [5.74, 6) is 0.460. The molecule has 8 nitrogen and oxygen atoms in total. The Morgan fingerprint density at radius 3 is 2.74 bits per heavy atom. The Morgan fingerprint density at radius 1 is 1.21 bits per heavy atom. The Morgan fingerprint density at radius 2 is 2.00 bits per heavy atom. The van der Waals surface area contributed by atoms with Crippen molar-refractivity contribution >= 4 is 35.9 Å². The second-order valence-electron chi connectivity index (χ2n) is 7.92. The number of hydrogen-bond acceptors (Lipinski definition) is 5. The molecule has 3 aromatic rings. The van der Waals surface area contributed by atoms with Crippen molar-refractivity contribution in [3.8, 4) is 0 Å². The van der Waals surface area contributed by atoms with Crippen LogP contribution in [0.2, 0.25) is 0 Å². The number of aromatic nitrogens is 2. The van der Waals surface area contributed by atoms with Crippen LogP contribution in [-0.2, 0) is 29.7 Å². The zero-order valence-electron chi connectivity index (χ0n) is 19.4. The van der Waals surface area contributed by atoms with Gasteiger partial charge >= 0.3 is 5.97 Å². The van der Waals surface area contributed by atoms with E-state index in [0.29, 0.717) is 25.3 Å². The topological polar surface area (TPSA) is 81.0 Å². The Balaban J connectivity index is 0.00000324. The molecule has 1 aliphatic heterocycles. The molecule has 0 bridgehead atoms. The number of esters is 1. The molecule has 1 atom stereocenters. The Bertz CT molecular complexity index is 1100. The lowest BCUT2D eigenvalue weighted by Crippen LogP contribution is -2.47. The number of halogens is 1. The van der Waals surface area contributed by atoms with E-state index in [1.54, 1.807) is 17.8 Å². The molecular weight excluding hydrogens is 545 g/mol. The van der Waals surface area contributed by atoms with Crippen molar-refractivity contribution in [2.24, 2.45) is 12.0 Å². The van der Waals surface area contributed by atoms with Crippen LogP contribution in [-0.4, -0.2) is 53.4 Å². The molecule has 0 radical (unpaired) electrons. The first-order chi connectivity index (χ1) is 16.1. The quantitative estimate of drug-likeness (QED) is 0.210. The number of benzene rings is 2. The highest BCUT2D eigenvalue weighted by molar-refractivity contribution is 14.0. The van der Waals surface area contributed by atoms with E-state index < -0.39 is 0 Å². The predicted octanol–water partition coefficient (Wildman–Crippen LogP) is 3.54. The van der Waals surface area contributed by atoms with Crippen molar-refractivity contribution in [1.82, 2.24) is 20.0 Å². The standard InChI is InChI=1S/C25H29N5O3.HI/c1-26-25(30-11-12-32-23(17-30)22-15-28-29(2)16-22)27-14-20-9-6-10-21(13-20)24(31)33-18-19-7-4-3-5-8-19;/h3-10,13,15-16,23H,11-12,14,17-18H2,1-2H3,(H,26,27);1H. The Labute approximate surface area is 217 Å². The van der Waals surface area contributed by atoms with Crippen LogP contribution in [0.5, 0.6) is 0 Å². The number of guanidine groups is 1. The molecule has 0 aliphatic carbocycles. The second-order valence-corrected chi connectivity index (χ2v) is 7.92. The van der Waals surface area contributed by atoms with Gasteiger partial charge in [0.15, 0.2) is 5.96 Å². The molecule has 9 heteroatoms. The lowest BCUT2D eigenvalue weighted by molar-refractivity contribution is -0.00805. The number of hydrogen-bond donors (Lipinski definition) is 1. The smallest absolute Gasteiger partial charge is 0.338 e. The fourth-order valence-electron chi connectivity index (χ4n) is 3.78. The van der Waals surface area contributed by atoms with Crippen LogP contribution < -0.4 is 5.32 Å². The third-order valence-corrected chi connectivity index (χ3v) is 5.50. The highest BCUT2D eigenvalue weighted by Gasteiger charge is 2.25. The van der Waals surface area contributed by atoms with Crippen molar-refractivity contribution in [3.05, 3.63) is 89.2 Å². The first-order valence-electron chi connectivity index (χ1n) is 11.0. The lowest BCUT2D eigenvalue weighted by Gasteiger charge is -2.34. The molecule has 180 valence electrons. The summed E-state index contributed by atoms with van der Waals surface area (Å²) in [5.41, 5.74) is 3.52. The van der Waals surface area contributed by atoms with Gasteiger partial charge in [-0.3, -0.25) is 9.67 Å². The second kappa shape index (κ2) is 12.5. The van der Waals surface area contributed by atoms with Crippen molar-refractivity contribution in [3.63, 3.8) is 0 Å². The van der Waals surface area contributed by atoms with Crippen molar-refractivity contribution in [2.45, 2.75) is 19.3 Å². The lowest BCUT2D eigenvalue weighted by atomic mass is 10.1. The summed E-state index contributed by atoms with van der Waals surface area (Å²) in [7, 11) is 3.67. The van der Waals surface area contributed by atoms with Crippen LogP contribution >= 0.6 is 24.0 Å². The number of ether oxygens (including phenoxy) is 2. The van der Waals surface area contributed by atoms with Crippen molar-refractivity contribution in [1.29, 1.82) is 0 Å². The van der Waals surface area contributed by atoms with Crippen molar-refractivity contribution < 1.29 is 14.3 Å². The maximum atomic E-state index is 12.5. The van der Waals surface area contributed by atoms with E-state index in [9.17, 15) is 4.79 Å². The monoisotopic (exact) mass is 575 g/mol. The molecule has 2 aromatic carbocycles. The third kappa shape index (κ3) is 6.80. The number of nitrogens with one attached hydrogen (secondary N) is 1. The molecule has 1 N–H and O–H groups in total. The average Bonchev–Trinajstić information content (AvgIpc) is 3.30. The summed E-state index contributed by atoms with van der Waals surface area (Å²) >= 11 is 0.